The van der Waals surface area contributed by atoms with Crippen LogP contribution in [-0.2, 0) is 9.53 Å². The Morgan fingerprint density at radius 3 is 2.57 bits per heavy atom. The number of aromatic hydroxyl groups is 1. The van der Waals surface area contributed by atoms with E-state index in [0.717, 1.165) is 6.42 Å². The van der Waals surface area contributed by atoms with E-state index < -0.39 is 17.9 Å². The number of carbonyl (C=O) groups excluding carboxylic acids is 2. The number of hydrogen-bond acceptors (Lipinski definition) is 4. The Hall–Kier alpha value is -2.08. The molecule has 0 saturated heterocycles. The van der Waals surface area contributed by atoms with Gasteiger partial charge in [0.1, 0.15) is 11.9 Å². The van der Waals surface area contributed by atoms with E-state index >= 15 is 0 Å². The van der Waals surface area contributed by atoms with E-state index in [-0.39, 0.29) is 11.3 Å². The van der Waals surface area contributed by atoms with Crippen LogP contribution >= 0.6 is 0 Å². The van der Waals surface area contributed by atoms with Gasteiger partial charge in [-0.25, -0.2) is 0 Å². The molecule has 0 fully saturated rings. The van der Waals surface area contributed by atoms with Crippen molar-refractivity contribution in [3.63, 3.8) is 0 Å². The SMILES string of the molecule is CC(C)CCOC(C)C(=O)NNC(=O)c1cccc(O)c1. The summed E-state index contributed by atoms with van der Waals surface area (Å²) in [5, 5.41) is 9.28. The Bertz CT molecular complexity index is 488. The molecule has 3 N–H and O–H groups in total. The number of carbonyl (C=O) groups is 2. The number of rotatable bonds is 6. The van der Waals surface area contributed by atoms with Gasteiger partial charge >= 0.3 is 0 Å². The molecule has 0 spiro atoms. The van der Waals surface area contributed by atoms with Crippen molar-refractivity contribution in [2.45, 2.75) is 33.3 Å². The first-order valence-electron chi connectivity index (χ1n) is 6.91. The molecule has 0 saturated carbocycles. The molecular weight excluding hydrogens is 272 g/mol. The molecule has 1 aromatic carbocycles. The van der Waals surface area contributed by atoms with E-state index in [2.05, 4.69) is 24.7 Å². The second-order valence-electron chi connectivity index (χ2n) is 5.19. The predicted molar refractivity (Wildman–Crippen MR) is 78.6 cm³/mol. The Morgan fingerprint density at radius 2 is 1.95 bits per heavy atom. The van der Waals surface area contributed by atoms with E-state index in [1.807, 2.05) is 0 Å². The fourth-order valence-electron chi connectivity index (χ4n) is 1.50. The summed E-state index contributed by atoms with van der Waals surface area (Å²) in [7, 11) is 0. The van der Waals surface area contributed by atoms with Gasteiger partial charge in [0.15, 0.2) is 0 Å². The third-order valence-corrected chi connectivity index (χ3v) is 2.84. The van der Waals surface area contributed by atoms with Gasteiger partial charge in [-0.2, -0.15) is 0 Å². The number of hydrazine groups is 1. The maximum absolute atomic E-state index is 11.7. The number of phenols is 1. The van der Waals surface area contributed by atoms with Crippen molar-refractivity contribution in [3.05, 3.63) is 29.8 Å². The predicted octanol–water partition coefficient (Wildman–Crippen LogP) is 1.60. The summed E-state index contributed by atoms with van der Waals surface area (Å²) in [5.41, 5.74) is 4.82. The lowest BCUT2D eigenvalue weighted by Crippen LogP contribution is -2.46. The molecule has 1 unspecified atom stereocenters. The first-order chi connectivity index (χ1) is 9.90. The minimum absolute atomic E-state index is 0.0145. The molecule has 0 aliphatic heterocycles. The Balaban J connectivity index is 2.36. The summed E-state index contributed by atoms with van der Waals surface area (Å²) in [4.78, 5) is 23.5. The van der Waals surface area contributed by atoms with Crippen LogP contribution in [0.25, 0.3) is 0 Å². The summed E-state index contributed by atoms with van der Waals surface area (Å²) in [6.45, 7) is 6.26. The van der Waals surface area contributed by atoms with Crippen LogP contribution in [0.15, 0.2) is 24.3 Å². The number of phenolic OH excluding ortho intramolecular Hbond substituents is 1. The van der Waals surface area contributed by atoms with Crippen molar-refractivity contribution in [3.8, 4) is 5.75 Å². The van der Waals surface area contributed by atoms with Crippen molar-refractivity contribution in [1.82, 2.24) is 10.9 Å². The minimum Gasteiger partial charge on any atom is -0.508 e. The van der Waals surface area contributed by atoms with Gasteiger partial charge in [-0.3, -0.25) is 20.4 Å². The number of hydrogen-bond donors (Lipinski definition) is 3. The van der Waals surface area contributed by atoms with Crippen molar-refractivity contribution in [2.24, 2.45) is 5.92 Å². The largest absolute Gasteiger partial charge is 0.508 e. The summed E-state index contributed by atoms with van der Waals surface area (Å²) in [6.07, 6.45) is 0.223. The van der Waals surface area contributed by atoms with Gasteiger partial charge in [-0.05, 0) is 37.5 Å². The van der Waals surface area contributed by atoms with E-state index in [1.165, 1.54) is 18.2 Å². The highest BCUT2D eigenvalue weighted by Gasteiger charge is 2.14. The molecule has 1 atom stereocenters. The van der Waals surface area contributed by atoms with Crippen LogP contribution in [0.4, 0.5) is 0 Å². The molecule has 6 heteroatoms. The molecule has 0 aliphatic rings. The third kappa shape index (κ3) is 6.27. The molecule has 6 nitrogen and oxygen atoms in total. The van der Waals surface area contributed by atoms with Crippen molar-refractivity contribution in [1.29, 1.82) is 0 Å². The lowest BCUT2D eigenvalue weighted by atomic mass is 10.1. The smallest absolute Gasteiger partial charge is 0.269 e. The maximum atomic E-state index is 11.7. The van der Waals surface area contributed by atoms with Gasteiger partial charge in [0, 0.05) is 12.2 Å². The van der Waals surface area contributed by atoms with E-state index in [0.29, 0.717) is 12.5 Å². The highest BCUT2D eigenvalue weighted by atomic mass is 16.5. The molecule has 0 bridgehead atoms. The minimum atomic E-state index is -0.645. The molecule has 1 rings (SSSR count). The summed E-state index contributed by atoms with van der Waals surface area (Å²) < 4.78 is 5.37. The van der Waals surface area contributed by atoms with Gasteiger partial charge < -0.3 is 9.84 Å². The summed E-state index contributed by atoms with van der Waals surface area (Å²) >= 11 is 0. The van der Waals surface area contributed by atoms with Crippen LogP contribution in [0.2, 0.25) is 0 Å². The second-order valence-corrected chi connectivity index (χ2v) is 5.19. The highest BCUT2D eigenvalue weighted by Crippen LogP contribution is 2.10. The van der Waals surface area contributed by atoms with Crippen LogP contribution in [0.1, 0.15) is 37.6 Å². The molecule has 0 aromatic heterocycles. The van der Waals surface area contributed by atoms with Crippen LogP contribution < -0.4 is 10.9 Å². The van der Waals surface area contributed by atoms with Crippen LogP contribution in [0.3, 0.4) is 0 Å². The van der Waals surface area contributed by atoms with Crippen molar-refractivity contribution < 1.29 is 19.4 Å². The number of ether oxygens (including phenoxy) is 1. The zero-order valence-electron chi connectivity index (χ0n) is 12.6. The van der Waals surface area contributed by atoms with Crippen molar-refractivity contribution in [2.75, 3.05) is 6.61 Å². The number of benzene rings is 1. The molecule has 21 heavy (non-hydrogen) atoms. The third-order valence-electron chi connectivity index (χ3n) is 2.84. The lowest BCUT2D eigenvalue weighted by Gasteiger charge is -2.14. The maximum Gasteiger partial charge on any atom is 0.269 e. The Morgan fingerprint density at radius 1 is 1.24 bits per heavy atom. The monoisotopic (exact) mass is 294 g/mol. The standard InChI is InChI=1S/C15H22N2O4/c1-10(2)7-8-21-11(3)14(19)16-17-15(20)12-5-4-6-13(18)9-12/h4-6,9-11,18H,7-8H2,1-3H3,(H,16,19)(H,17,20). The summed E-state index contributed by atoms with van der Waals surface area (Å²) in [6, 6.07) is 5.84. The average molecular weight is 294 g/mol. The zero-order chi connectivity index (χ0) is 15.8. The number of amides is 2. The van der Waals surface area contributed by atoms with E-state index in [9.17, 15) is 14.7 Å². The first-order valence-corrected chi connectivity index (χ1v) is 6.91. The molecule has 1 aromatic rings. The van der Waals surface area contributed by atoms with Gasteiger partial charge in [0.05, 0.1) is 0 Å². The van der Waals surface area contributed by atoms with Gasteiger partial charge in [-0.1, -0.05) is 19.9 Å². The Labute approximate surface area is 124 Å². The fraction of sp³-hybridized carbons (Fsp3) is 0.467. The van der Waals surface area contributed by atoms with Gasteiger partial charge in [0.2, 0.25) is 0 Å². The quantitative estimate of drug-likeness (QED) is 0.695. The molecule has 2 amide bonds. The molecule has 116 valence electrons. The molecular formula is C15H22N2O4. The lowest BCUT2D eigenvalue weighted by molar-refractivity contribution is -0.132. The van der Waals surface area contributed by atoms with Crippen LogP contribution in [0.5, 0.6) is 5.75 Å². The van der Waals surface area contributed by atoms with Crippen molar-refractivity contribution >= 4 is 11.8 Å². The van der Waals surface area contributed by atoms with Gasteiger partial charge in [-0.15, -0.1) is 0 Å². The topological polar surface area (TPSA) is 87.7 Å². The Kier molecular flexibility index (Phi) is 6.68. The normalized spacial score (nSPS) is 12.0. The molecule has 0 radical (unpaired) electrons. The highest BCUT2D eigenvalue weighted by molar-refractivity contribution is 5.96. The first kappa shape index (κ1) is 17.0. The second kappa shape index (κ2) is 8.26. The molecule has 0 heterocycles. The van der Waals surface area contributed by atoms with Crippen LogP contribution in [0, 0.1) is 5.92 Å². The van der Waals surface area contributed by atoms with E-state index in [4.69, 9.17) is 4.74 Å². The van der Waals surface area contributed by atoms with Gasteiger partial charge in [0.25, 0.3) is 11.8 Å². The number of nitrogens with one attached hydrogen (secondary N) is 2. The molecule has 0 aliphatic carbocycles. The fourth-order valence-corrected chi connectivity index (χ4v) is 1.50. The summed E-state index contributed by atoms with van der Waals surface area (Å²) in [5.74, 6) is -0.439. The average Bonchev–Trinajstić information content (AvgIpc) is 2.43. The zero-order valence-corrected chi connectivity index (χ0v) is 12.6. The van der Waals surface area contributed by atoms with E-state index in [1.54, 1.807) is 13.0 Å². The van der Waals surface area contributed by atoms with Crippen LogP contribution in [-0.4, -0.2) is 29.6 Å².